The van der Waals surface area contributed by atoms with E-state index in [-0.39, 0.29) is 5.78 Å². The highest BCUT2D eigenvalue weighted by molar-refractivity contribution is 6.04. The molecule has 0 radical (unpaired) electrons. The van der Waals surface area contributed by atoms with Gasteiger partial charge in [-0.15, -0.1) is 0 Å². The third-order valence-electron chi connectivity index (χ3n) is 2.90. The molecule has 6 nitrogen and oxygen atoms in total. The van der Waals surface area contributed by atoms with Gasteiger partial charge in [-0.05, 0) is 13.8 Å². The van der Waals surface area contributed by atoms with Crippen LogP contribution in [0.25, 0.3) is 0 Å². The molecule has 1 aromatic heterocycles. The van der Waals surface area contributed by atoms with Gasteiger partial charge in [0.25, 0.3) is 0 Å². The van der Waals surface area contributed by atoms with E-state index in [0.717, 1.165) is 0 Å². The summed E-state index contributed by atoms with van der Waals surface area (Å²) < 4.78 is 10.5. The first-order valence-electron chi connectivity index (χ1n) is 6.34. The smallest absolute Gasteiger partial charge is 0.207 e. The molecule has 0 aliphatic rings. The lowest BCUT2D eigenvalue weighted by molar-refractivity contribution is 0.0149. The largest absolute Gasteiger partial charge is 0.383 e. The van der Waals surface area contributed by atoms with Crippen molar-refractivity contribution in [2.75, 3.05) is 28.3 Å². The summed E-state index contributed by atoms with van der Waals surface area (Å²) in [6.07, 6.45) is 3.18. The van der Waals surface area contributed by atoms with E-state index in [2.05, 4.69) is 9.97 Å². The number of nitrogens with zero attached hydrogens (tertiary/aromatic N) is 2. The molecule has 20 heavy (non-hydrogen) atoms. The third kappa shape index (κ3) is 3.91. The molecule has 6 heteroatoms. The minimum atomic E-state index is -0.629. The van der Waals surface area contributed by atoms with Crippen LogP contribution in [0.5, 0.6) is 0 Å². The first-order valence-corrected chi connectivity index (χ1v) is 6.34. The predicted molar refractivity (Wildman–Crippen MR) is 76.5 cm³/mol. The number of nitrogens with one attached hydrogen (secondary N) is 1. The van der Waals surface area contributed by atoms with E-state index in [1.165, 1.54) is 6.08 Å². The molecule has 1 rings (SSSR count). The van der Waals surface area contributed by atoms with Crippen LogP contribution in [-0.4, -0.2) is 49.0 Å². The summed E-state index contributed by atoms with van der Waals surface area (Å²) in [7, 11) is 6.88. The maximum atomic E-state index is 12.3. The molecule has 1 N–H and O–H groups in total. The summed E-state index contributed by atoms with van der Waals surface area (Å²) in [5.41, 5.74) is 0.387. The van der Waals surface area contributed by atoms with Crippen molar-refractivity contribution >= 4 is 5.78 Å². The van der Waals surface area contributed by atoms with Crippen molar-refractivity contribution in [3.8, 4) is 0 Å². The van der Waals surface area contributed by atoms with Crippen LogP contribution in [0.1, 0.15) is 35.9 Å². The van der Waals surface area contributed by atoms with Crippen LogP contribution in [0.15, 0.2) is 12.3 Å². The number of methoxy groups -OCH3 is 2. The molecule has 0 aliphatic carbocycles. The molecule has 1 heterocycles. The fraction of sp³-hybridized carbons (Fsp3) is 0.571. The molecule has 0 aromatic carbocycles. The number of ether oxygens (including phenoxy) is 2. The van der Waals surface area contributed by atoms with Gasteiger partial charge in [0.1, 0.15) is 23.7 Å². The van der Waals surface area contributed by atoms with E-state index >= 15 is 0 Å². The number of imidazole rings is 1. The van der Waals surface area contributed by atoms with Gasteiger partial charge < -0.3 is 19.4 Å². The zero-order valence-electron chi connectivity index (χ0n) is 13.0. The van der Waals surface area contributed by atoms with Crippen molar-refractivity contribution in [3.05, 3.63) is 29.5 Å². The van der Waals surface area contributed by atoms with Crippen molar-refractivity contribution in [3.63, 3.8) is 0 Å². The van der Waals surface area contributed by atoms with Gasteiger partial charge in [0, 0.05) is 40.6 Å². The van der Waals surface area contributed by atoms with Crippen molar-refractivity contribution in [2.24, 2.45) is 0 Å². The standard InChI is InChI=1S/C14H23N3O3/c1-14(2,20-6)13-12(10(18)7-8-17(3)4)15-11(16-13)9-19-5/h7-8H,9H2,1-6H3,(H,15,16). The molecule has 0 saturated carbocycles. The number of hydrogen-bond donors (Lipinski definition) is 1. The number of carbonyl (C=O) groups excluding carboxylic acids is 1. The Kier molecular flexibility index (Phi) is 5.47. The normalized spacial score (nSPS) is 12.1. The van der Waals surface area contributed by atoms with E-state index in [0.29, 0.717) is 23.8 Å². The Labute approximate surface area is 119 Å². The average Bonchev–Trinajstić information content (AvgIpc) is 2.81. The number of rotatable bonds is 7. The molecule has 112 valence electrons. The SMILES string of the molecule is COCc1nc(C(=O)C=CN(C)C)c(C(C)(C)OC)[nH]1. The lowest BCUT2D eigenvalue weighted by Gasteiger charge is -2.22. The predicted octanol–water partition coefficient (Wildman–Crippen LogP) is 1.70. The lowest BCUT2D eigenvalue weighted by atomic mass is 10.0. The number of H-pyrrole nitrogens is 1. The number of ketones is 1. The molecule has 0 saturated heterocycles. The van der Waals surface area contributed by atoms with E-state index in [9.17, 15) is 4.79 Å². The van der Waals surface area contributed by atoms with E-state index in [4.69, 9.17) is 9.47 Å². The summed E-state index contributed by atoms with van der Waals surface area (Å²) in [4.78, 5) is 21.5. The summed E-state index contributed by atoms with van der Waals surface area (Å²) in [5, 5.41) is 0. The van der Waals surface area contributed by atoms with Crippen molar-refractivity contribution in [1.29, 1.82) is 0 Å². The zero-order valence-corrected chi connectivity index (χ0v) is 13.0. The molecule has 0 atom stereocenters. The highest BCUT2D eigenvalue weighted by Gasteiger charge is 2.29. The maximum Gasteiger partial charge on any atom is 0.207 e. The Morgan fingerprint density at radius 1 is 1.40 bits per heavy atom. The summed E-state index contributed by atoms with van der Waals surface area (Å²) in [5.74, 6) is 0.437. The first-order chi connectivity index (χ1) is 9.31. The lowest BCUT2D eigenvalue weighted by Crippen LogP contribution is -2.23. The number of aromatic amines is 1. The minimum Gasteiger partial charge on any atom is -0.383 e. The fourth-order valence-electron chi connectivity index (χ4n) is 1.64. The first kappa shape index (κ1) is 16.4. The Morgan fingerprint density at radius 3 is 2.55 bits per heavy atom. The molecule has 0 fully saturated rings. The van der Waals surface area contributed by atoms with Crippen LogP contribution in [-0.2, 0) is 21.7 Å². The fourth-order valence-corrected chi connectivity index (χ4v) is 1.64. The second kappa shape index (κ2) is 6.67. The molecular weight excluding hydrogens is 258 g/mol. The number of allylic oxidation sites excluding steroid dienone is 1. The highest BCUT2D eigenvalue weighted by atomic mass is 16.5. The zero-order chi connectivity index (χ0) is 15.3. The van der Waals surface area contributed by atoms with Gasteiger partial charge in [-0.25, -0.2) is 4.98 Å². The highest BCUT2D eigenvalue weighted by Crippen LogP contribution is 2.26. The summed E-state index contributed by atoms with van der Waals surface area (Å²) in [6.45, 7) is 4.07. The number of hydrogen-bond acceptors (Lipinski definition) is 5. The van der Waals surface area contributed by atoms with Crippen LogP contribution in [0.4, 0.5) is 0 Å². The molecule has 0 aliphatic heterocycles. The molecule has 0 spiro atoms. The van der Waals surface area contributed by atoms with Gasteiger partial charge in [-0.1, -0.05) is 0 Å². The topological polar surface area (TPSA) is 67.4 Å². The van der Waals surface area contributed by atoms with Crippen LogP contribution in [0.2, 0.25) is 0 Å². The van der Waals surface area contributed by atoms with Crippen molar-refractivity contribution in [2.45, 2.75) is 26.1 Å². The number of carbonyl (C=O) groups is 1. The summed E-state index contributed by atoms with van der Waals surface area (Å²) in [6, 6.07) is 0. The van der Waals surface area contributed by atoms with E-state index in [1.807, 2.05) is 27.9 Å². The van der Waals surface area contributed by atoms with Gasteiger partial charge in [-0.2, -0.15) is 0 Å². The van der Waals surface area contributed by atoms with Gasteiger partial charge in [-0.3, -0.25) is 4.79 Å². The molecule has 0 amide bonds. The Morgan fingerprint density at radius 2 is 2.05 bits per heavy atom. The van der Waals surface area contributed by atoms with Gasteiger partial charge >= 0.3 is 0 Å². The minimum absolute atomic E-state index is 0.169. The van der Waals surface area contributed by atoms with Gasteiger partial charge in [0.05, 0.1) is 5.69 Å². The van der Waals surface area contributed by atoms with Gasteiger partial charge in [0.2, 0.25) is 5.78 Å². The van der Waals surface area contributed by atoms with Crippen molar-refractivity contribution in [1.82, 2.24) is 14.9 Å². The van der Waals surface area contributed by atoms with Crippen LogP contribution >= 0.6 is 0 Å². The quantitative estimate of drug-likeness (QED) is 0.608. The Hall–Kier alpha value is -1.66. The second-order valence-electron chi connectivity index (χ2n) is 5.20. The number of aromatic nitrogens is 2. The van der Waals surface area contributed by atoms with E-state index in [1.54, 1.807) is 25.3 Å². The van der Waals surface area contributed by atoms with E-state index < -0.39 is 5.60 Å². The Bertz CT molecular complexity index is 490. The average molecular weight is 281 g/mol. The Balaban J connectivity index is 3.19. The summed E-state index contributed by atoms with van der Waals surface area (Å²) >= 11 is 0. The molecular formula is C14H23N3O3. The van der Waals surface area contributed by atoms with Gasteiger partial charge in [0.15, 0.2) is 0 Å². The third-order valence-corrected chi connectivity index (χ3v) is 2.90. The van der Waals surface area contributed by atoms with Crippen LogP contribution in [0.3, 0.4) is 0 Å². The maximum absolute atomic E-state index is 12.3. The van der Waals surface area contributed by atoms with Crippen LogP contribution < -0.4 is 0 Å². The molecule has 0 bridgehead atoms. The monoisotopic (exact) mass is 281 g/mol. The van der Waals surface area contributed by atoms with Crippen LogP contribution in [0, 0.1) is 0 Å². The van der Waals surface area contributed by atoms with Crippen molar-refractivity contribution < 1.29 is 14.3 Å². The molecule has 0 unspecified atom stereocenters. The second-order valence-corrected chi connectivity index (χ2v) is 5.20. The molecule has 1 aromatic rings.